The summed E-state index contributed by atoms with van der Waals surface area (Å²) in [6.45, 7) is 40.6. The van der Waals surface area contributed by atoms with E-state index in [0.717, 1.165) is 0 Å². The van der Waals surface area contributed by atoms with Crippen LogP contribution >= 0.6 is 0 Å². The van der Waals surface area contributed by atoms with Crippen molar-refractivity contribution in [1.82, 2.24) is 0 Å². The Bertz CT molecular complexity index is 2400. The molecule has 0 aromatic heterocycles. The monoisotopic (exact) mass is 1080 g/mol. The molecule has 0 atom stereocenters. The smallest absolute Gasteiger partial charge is 0.494 e. The van der Waals surface area contributed by atoms with E-state index in [1.165, 1.54) is 0 Å². The Morgan fingerprint density at radius 2 is 0.315 bits per heavy atom. The van der Waals surface area contributed by atoms with E-state index in [2.05, 4.69) is 29.1 Å². The summed E-state index contributed by atoms with van der Waals surface area (Å²) in [6.07, 6.45) is 0. The Kier molecular flexibility index (Phi) is 31.7. The fourth-order valence-electron chi connectivity index (χ4n) is 5.37. The summed E-state index contributed by atoms with van der Waals surface area (Å²) < 4.78 is 60.1. The van der Waals surface area contributed by atoms with E-state index < -0.39 is 0 Å². The minimum Gasteiger partial charge on any atom is -0.494 e. The van der Waals surface area contributed by atoms with Gasteiger partial charge in [0.2, 0.25) is 0 Å². The van der Waals surface area contributed by atoms with Gasteiger partial charge in [-0.15, -0.1) is 0 Å². The van der Waals surface area contributed by atoms with Gasteiger partial charge in [-0.05, 0) is 72.8 Å². The van der Waals surface area contributed by atoms with Crippen molar-refractivity contribution in [3.8, 4) is 69.0 Å². The van der Waals surface area contributed by atoms with Gasteiger partial charge in [-0.1, -0.05) is 36.4 Å². The largest absolute Gasteiger partial charge is 6.00 e. The number of hydrogen-bond acceptors (Lipinski definition) is 12. The van der Waals surface area contributed by atoms with Gasteiger partial charge in [-0.3, -0.25) is 0 Å². The summed E-state index contributed by atoms with van der Waals surface area (Å²) in [5.74, 6) is 7.39. The number of hydrogen-bond donors (Lipinski definition) is 0. The minimum absolute atomic E-state index is 0. The maximum atomic E-state index is 6.77. The summed E-state index contributed by atoms with van der Waals surface area (Å²) in [5, 5.41) is 0. The van der Waals surface area contributed by atoms with Gasteiger partial charge < -0.3 is 56.8 Å². The molecule has 0 saturated carbocycles. The van der Waals surface area contributed by atoms with Crippen molar-refractivity contribution < 1.29 is 76.9 Å². The number of methoxy groups -OCH3 is 12. The summed E-state index contributed by atoms with van der Waals surface area (Å²) in [7, 11) is 18.7. The Labute approximate surface area is 441 Å². The second-order valence-electron chi connectivity index (χ2n) is 12.9. The van der Waals surface area contributed by atoms with E-state index in [0.29, 0.717) is 103 Å². The minimum atomic E-state index is 0. The van der Waals surface area contributed by atoms with Crippen molar-refractivity contribution in [2.45, 2.75) is 0 Å². The molecule has 0 saturated heterocycles. The van der Waals surface area contributed by atoms with Crippen molar-refractivity contribution in [2.75, 3.05) is 85.3 Å². The van der Waals surface area contributed by atoms with Crippen LogP contribution in [-0.4, -0.2) is 85.3 Å². The Balaban J connectivity index is 0.000000850. The molecule has 1 radical (unpaired) electrons. The van der Waals surface area contributed by atoms with Crippen molar-refractivity contribution in [3.05, 3.63) is 178 Å². The summed E-state index contributed by atoms with van der Waals surface area (Å²) in [6, 6.07) is 30.3. The Hall–Kier alpha value is -9.49. The molecule has 19 heteroatoms. The van der Waals surface area contributed by atoms with Crippen LogP contribution in [0.2, 0.25) is 0 Å². The maximum Gasteiger partial charge on any atom is 6.00 e. The number of nitrogens with zero attached hydrogens (tertiary/aromatic N) is 6. The van der Waals surface area contributed by atoms with Crippen LogP contribution in [-0.2, 0) is 20.1 Å². The first-order valence-corrected chi connectivity index (χ1v) is 20.5. The molecular formula is C54H54N6O12Tc+6. The van der Waals surface area contributed by atoms with Gasteiger partial charge in [0, 0.05) is 0 Å². The van der Waals surface area contributed by atoms with Crippen LogP contribution in [0.3, 0.4) is 0 Å². The van der Waals surface area contributed by atoms with Crippen molar-refractivity contribution >= 4 is 34.1 Å². The van der Waals surface area contributed by atoms with E-state index in [9.17, 15) is 0 Å². The quantitative estimate of drug-likeness (QED) is 0.108. The average molecular weight is 1080 g/mol. The molecule has 6 aromatic carbocycles. The van der Waals surface area contributed by atoms with Gasteiger partial charge in [0.1, 0.15) is 34.5 Å². The number of ether oxygens (including phenoxy) is 12. The molecule has 0 N–H and O–H groups in total. The molecule has 0 spiro atoms. The van der Waals surface area contributed by atoms with Gasteiger partial charge >= 0.3 is 20.1 Å². The van der Waals surface area contributed by atoms with Gasteiger partial charge in [0.25, 0.3) is 0 Å². The second kappa shape index (κ2) is 36.5. The molecule has 0 aliphatic rings. The van der Waals surface area contributed by atoms with E-state index in [1.807, 2.05) is 0 Å². The van der Waals surface area contributed by atoms with Gasteiger partial charge in [0.05, 0.1) is 125 Å². The van der Waals surface area contributed by atoms with Crippen LogP contribution in [0.4, 0.5) is 34.1 Å². The van der Waals surface area contributed by atoms with E-state index in [1.54, 1.807) is 195 Å². The van der Waals surface area contributed by atoms with Crippen LogP contribution in [0, 0.1) is 39.4 Å². The first-order valence-electron chi connectivity index (χ1n) is 20.5. The fraction of sp³-hybridized carbons (Fsp3) is 0.222. The molecule has 6 aromatic rings. The van der Waals surface area contributed by atoms with Crippen molar-refractivity contribution in [2.24, 2.45) is 0 Å². The molecule has 0 heterocycles. The molecule has 73 heavy (non-hydrogen) atoms. The molecule has 0 unspecified atom stereocenters. The van der Waals surface area contributed by atoms with Gasteiger partial charge in [0.15, 0.2) is 68.6 Å². The maximum absolute atomic E-state index is 6.77. The average Bonchev–Trinajstić information content (AvgIpc) is 3.46. The second-order valence-corrected chi connectivity index (χ2v) is 12.9. The normalized spacial score (nSPS) is 8.63. The molecular weight excluding hydrogens is 1020 g/mol. The van der Waals surface area contributed by atoms with Gasteiger partial charge in [-0.25, -0.2) is 29.1 Å². The van der Waals surface area contributed by atoms with Crippen LogP contribution in [0.25, 0.3) is 29.1 Å². The van der Waals surface area contributed by atoms with E-state index in [-0.39, 0.29) is 20.1 Å². The predicted octanol–water partition coefficient (Wildman–Crippen LogP) is 13.5. The summed E-state index contributed by atoms with van der Waals surface area (Å²) in [5.41, 5.74) is 3.29. The number of rotatable bonds is 12. The SMILES string of the molecule is [C-]#[N+]c1ccc(OC)c(OC)c1.[C-]#[N+]c1ccc(OC)c(OC)c1.[C-]#[N+]c1ccc(OC)c(OC)c1.[C-]#[N+]c1ccc(OC)c(OC)c1.[C-]#[N+]c1ccc(OC)c(OC)c1.[C-]#[N+]c1ccc(OC)c(OC)c1.[Tc+6]. The first-order chi connectivity index (χ1) is 34.9. The van der Waals surface area contributed by atoms with Crippen LogP contribution in [0.5, 0.6) is 69.0 Å². The molecule has 18 nitrogen and oxygen atoms in total. The van der Waals surface area contributed by atoms with E-state index >= 15 is 0 Å². The van der Waals surface area contributed by atoms with Crippen LogP contribution in [0.1, 0.15) is 0 Å². The summed E-state index contributed by atoms with van der Waals surface area (Å²) >= 11 is 0. The molecule has 0 aliphatic heterocycles. The van der Waals surface area contributed by atoms with Crippen molar-refractivity contribution in [1.29, 1.82) is 0 Å². The summed E-state index contributed by atoms with van der Waals surface area (Å²) in [4.78, 5) is 19.6. The third-order valence-corrected chi connectivity index (χ3v) is 8.98. The number of benzene rings is 6. The zero-order chi connectivity index (χ0) is 53.8. The third-order valence-electron chi connectivity index (χ3n) is 8.98. The molecule has 0 amide bonds. The molecule has 0 aliphatic carbocycles. The zero-order valence-corrected chi connectivity index (χ0v) is 44.2. The van der Waals surface area contributed by atoms with Crippen LogP contribution < -0.4 is 56.8 Å². The zero-order valence-electron chi connectivity index (χ0n) is 42.4. The van der Waals surface area contributed by atoms with Gasteiger partial charge in [-0.2, -0.15) is 0 Å². The van der Waals surface area contributed by atoms with Crippen molar-refractivity contribution in [3.63, 3.8) is 0 Å². The molecule has 0 fully saturated rings. The fourth-order valence-corrected chi connectivity index (χ4v) is 5.37. The predicted molar refractivity (Wildman–Crippen MR) is 275 cm³/mol. The topological polar surface area (TPSA) is 137 Å². The Morgan fingerprint density at radius 1 is 0.205 bits per heavy atom. The Morgan fingerprint density at radius 3 is 0.397 bits per heavy atom. The first kappa shape index (κ1) is 63.5. The third kappa shape index (κ3) is 21.0. The van der Waals surface area contributed by atoms with Crippen LogP contribution in [0.15, 0.2) is 109 Å². The standard InChI is InChI=1S/6C9H9NO2.Tc/c6*1-10-7-4-5-8(11-2)9(6-7)12-3;/h6*4-6H,2-3H3;/q;;;;;;+6. The molecule has 6 rings (SSSR count). The van der Waals surface area contributed by atoms with E-state index in [4.69, 9.17) is 96.3 Å². The molecule has 373 valence electrons. The molecule has 0 bridgehead atoms.